The maximum Gasteiger partial charge on any atom is 0.254 e. The van der Waals surface area contributed by atoms with Crippen molar-refractivity contribution in [2.45, 2.75) is 34.6 Å². The molecule has 0 fully saturated rings. The van der Waals surface area contributed by atoms with Crippen LogP contribution < -0.4 is 4.99 Å². The van der Waals surface area contributed by atoms with Gasteiger partial charge in [0.25, 0.3) is 11.4 Å². The van der Waals surface area contributed by atoms with Crippen LogP contribution in [0.15, 0.2) is 22.4 Å². The lowest BCUT2D eigenvalue weighted by molar-refractivity contribution is 1.07. The highest BCUT2D eigenvalue weighted by molar-refractivity contribution is 5.99. The highest BCUT2D eigenvalue weighted by Gasteiger charge is 2.21. The van der Waals surface area contributed by atoms with Crippen LogP contribution >= 0.6 is 0 Å². The first-order valence-corrected chi connectivity index (χ1v) is 3.95. The third-order valence-electron chi connectivity index (χ3n) is 2.55. The van der Waals surface area contributed by atoms with E-state index in [1.807, 2.05) is 0 Å². The van der Waals surface area contributed by atoms with E-state index in [0.717, 1.165) is 11.4 Å². The number of hydrogen-bond acceptors (Lipinski definition) is 1. The van der Waals surface area contributed by atoms with Gasteiger partial charge in [-0.05, 0) is 26.3 Å². The lowest BCUT2D eigenvalue weighted by Crippen LogP contribution is -2.12. The molecule has 1 nitrogen and oxygen atoms in total. The summed E-state index contributed by atoms with van der Waals surface area (Å²) in [6.45, 7) is 10.5. The van der Waals surface area contributed by atoms with Gasteiger partial charge in [-0.15, -0.1) is 0 Å². The zero-order valence-electron chi connectivity index (χ0n) is 7.95. The highest BCUT2D eigenvalue weighted by atomic mass is 14.8. The fourth-order valence-electron chi connectivity index (χ4n) is 1.24. The van der Waals surface area contributed by atoms with Gasteiger partial charge in [0.1, 0.15) is 0 Å². The standard InChI is InChI=1S/C10H15N/c1-6-7(2)9(4)11-10(5)8(6)3/h1-5H3/q+1. The van der Waals surface area contributed by atoms with E-state index in [0.29, 0.717) is 0 Å². The van der Waals surface area contributed by atoms with Gasteiger partial charge in [-0.25, -0.2) is 0 Å². The number of aliphatic imine (C=N–C) groups is 1. The maximum absolute atomic E-state index is 4.43. The van der Waals surface area contributed by atoms with E-state index in [9.17, 15) is 0 Å². The molecule has 0 saturated carbocycles. The fraction of sp³-hybridized carbons (Fsp3) is 0.500. The Bertz CT molecular complexity index is 272. The Morgan fingerprint density at radius 2 is 1.27 bits per heavy atom. The number of nitrogens with zero attached hydrogens (tertiary/aromatic N) is 1. The largest absolute Gasteiger partial charge is 0.254 e. The first-order valence-electron chi connectivity index (χ1n) is 3.95. The summed E-state index contributed by atoms with van der Waals surface area (Å²) in [5.41, 5.74) is 6.35. The van der Waals surface area contributed by atoms with Crippen molar-refractivity contribution in [3.05, 3.63) is 22.4 Å². The molecule has 0 bridgehead atoms. The molecule has 0 aromatic rings. The van der Waals surface area contributed by atoms with Crippen LogP contribution in [-0.4, -0.2) is 5.71 Å². The summed E-state index contributed by atoms with van der Waals surface area (Å²) in [5.74, 6) is 0. The first kappa shape index (κ1) is 8.25. The molecule has 1 aliphatic rings. The van der Waals surface area contributed by atoms with E-state index < -0.39 is 0 Å². The molecule has 0 N–H and O–H groups in total. The molecule has 0 spiro atoms. The molecule has 0 amide bonds. The summed E-state index contributed by atoms with van der Waals surface area (Å²) in [7, 11) is 0. The lowest BCUT2D eigenvalue weighted by Gasteiger charge is -2.06. The topological polar surface area (TPSA) is 14.1 Å². The predicted octanol–water partition coefficient (Wildman–Crippen LogP) is 2.43. The van der Waals surface area contributed by atoms with Gasteiger partial charge >= 0.3 is 0 Å². The van der Waals surface area contributed by atoms with Crippen LogP contribution in [0.25, 0.3) is 0 Å². The van der Waals surface area contributed by atoms with E-state index in [4.69, 9.17) is 0 Å². The Labute approximate surface area is 68.5 Å². The van der Waals surface area contributed by atoms with E-state index >= 15 is 0 Å². The third-order valence-corrected chi connectivity index (χ3v) is 2.55. The van der Waals surface area contributed by atoms with E-state index in [-0.39, 0.29) is 0 Å². The monoisotopic (exact) mass is 149 g/mol. The third kappa shape index (κ3) is 1.28. The van der Waals surface area contributed by atoms with Crippen molar-refractivity contribution in [3.8, 4) is 0 Å². The molecule has 0 aromatic heterocycles. The molecule has 0 atom stereocenters. The Balaban J connectivity index is 3.28. The fourth-order valence-corrected chi connectivity index (χ4v) is 1.24. The van der Waals surface area contributed by atoms with Gasteiger partial charge in [0.15, 0.2) is 0 Å². The smallest absolute Gasteiger partial charge is 0.0388 e. The summed E-state index contributed by atoms with van der Waals surface area (Å²) in [4.78, 5) is 4.43. The van der Waals surface area contributed by atoms with Gasteiger partial charge in [-0.1, -0.05) is 0 Å². The lowest BCUT2D eigenvalue weighted by atomic mass is 9.97. The second-order valence-corrected chi connectivity index (χ2v) is 3.16. The van der Waals surface area contributed by atoms with Crippen LogP contribution in [0.2, 0.25) is 0 Å². The van der Waals surface area contributed by atoms with Crippen LogP contribution in [0.1, 0.15) is 34.6 Å². The highest BCUT2D eigenvalue weighted by Crippen LogP contribution is 2.20. The molecule has 0 aliphatic carbocycles. The molecule has 0 saturated heterocycles. The van der Waals surface area contributed by atoms with Crippen LogP contribution in [0.3, 0.4) is 0 Å². The van der Waals surface area contributed by atoms with Crippen molar-refractivity contribution in [2.75, 3.05) is 0 Å². The van der Waals surface area contributed by atoms with Crippen molar-refractivity contribution in [2.24, 2.45) is 0 Å². The molecule has 11 heavy (non-hydrogen) atoms. The average Bonchev–Trinajstić information content (AvgIpc) is 1.97. The van der Waals surface area contributed by atoms with Crippen molar-refractivity contribution in [3.63, 3.8) is 0 Å². The van der Waals surface area contributed by atoms with E-state index in [1.165, 1.54) is 16.7 Å². The van der Waals surface area contributed by atoms with Gasteiger partial charge in [-0.3, -0.25) is 0 Å². The van der Waals surface area contributed by atoms with Gasteiger partial charge in [0, 0.05) is 25.0 Å². The Morgan fingerprint density at radius 3 is 1.82 bits per heavy atom. The predicted molar refractivity (Wildman–Crippen MR) is 49.6 cm³/mol. The molecule has 1 heterocycles. The summed E-state index contributed by atoms with van der Waals surface area (Å²) < 4.78 is 0. The molecule has 1 rings (SSSR count). The van der Waals surface area contributed by atoms with Crippen molar-refractivity contribution < 1.29 is 0 Å². The Morgan fingerprint density at radius 1 is 0.727 bits per heavy atom. The summed E-state index contributed by atoms with van der Waals surface area (Å²) in [6, 6.07) is 0. The summed E-state index contributed by atoms with van der Waals surface area (Å²) >= 11 is 0. The van der Waals surface area contributed by atoms with Gasteiger partial charge < -0.3 is 0 Å². The number of hydrogen-bond donors (Lipinski definition) is 0. The van der Waals surface area contributed by atoms with Crippen LogP contribution in [-0.2, 0) is 0 Å². The Kier molecular flexibility index (Phi) is 1.99. The zero-order chi connectivity index (χ0) is 8.59. The minimum absolute atomic E-state index is 1.16. The Hall–Kier alpha value is -0.850. The zero-order valence-corrected chi connectivity index (χ0v) is 7.95. The van der Waals surface area contributed by atoms with Crippen LogP contribution in [0, 0.1) is 0 Å². The SMILES string of the molecule is CC1=[N+]C(C)=C(C)C(C)=C1C. The second-order valence-electron chi connectivity index (χ2n) is 3.16. The molecule has 0 unspecified atom stereocenters. The molecule has 0 aromatic carbocycles. The van der Waals surface area contributed by atoms with Crippen LogP contribution in [0.5, 0.6) is 0 Å². The first-order chi connectivity index (χ1) is 5.04. The van der Waals surface area contributed by atoms with Gasteiger partial charge in [0.05, 0.1) is 4.99 Å². The average molecular weight is 149 g/mol. The second kappa shape index (κ2) is 2.65. The molecular formula is C10H15N+. The van der Waals surface area contributed by atoms with Crippen LogP contribution in [0.4, 0.5) is 0 Å². The quantitative estimate of drug-likeness (QED) is 0.502. The normalized spacial score (nSPS) is 19.2. The van der Waals surface area contributed by atoms with E-state index in [1.54, 1.807) is 0 Å². The minimum Gasteiger partial charge on any atom is -0.0388 e. The van der Waals surface area contributed by atoms with Gasteiger partial charge in [0.2, 0.25) is 0 Å². The summed E-state index contributed by atoms with van der Waals surface area (Å²) in [5, 5.41) is 0. The molecular weight excluding hydrogens is 134 g/mol. The van der Waals surface area contributed by atoms with Crippen molar-refractivity contribution in [1.29, 1.82) is 0 Å². The molecule has 1 heteroatoms. The van der Waals surface area contributed by atoms with E-state index in [2.05, 4.69) is 39.6 Å². The molecule has 1 aliphatic heterocycles. The molecule has 59 valence electrons. The number of allylic oxidation sites excluding steroid dienone is 4. The molecule has 1 radical (unpaired) electrons. The maximum atomic E-state index is 4.43. The summed E-state index contributed by atoms with van der Waals surface area (Å²) in [6.07, 6.45) is 0. The van der Waals surface area contributed by atoms with Gasteiger partial charge in [-0.2, -0.15) is 0 Å². The van der Waals surface area contributed by atoms with Crippen molar-refractivity contribution >= 4 is 5.71 Å². The van der Waals surface area contributed by atoms with Crippen molar-refractivity contribution in [1.82, 2.24) is 4.99 Å². The minimum atomic E-state index is 1.16. The number of rotatable bonds is 0.